The molecule has 2 heteroatoms. The molecule has 1 aliphatic rings. The zero-order valence-electron chi connectivity index (χ0n) is 9.77. The minimum atomic E-state index is 0.357. The van der Waals surface area contributed by atoms with Crippen molar-refractivity contribution in [2.24, 2.45) is 0 Å². The molecule has 1 heterocycles. The zero-order chi connectivity index (χ0) is 11.2. The Balaban J connectivity index is 1.95. The van der Waals surface area contributed by atoms with Gasteiger partial charge in [0.1, 0.15) is 0 Å². The van der Waals surface area contributed by atoms with E-state index in [4.69, 9.17) is 0 Å². The molecular formula is C14H16N2. The molecule has 16 heavy (non-hydrogen) atoms. The molecule has 0 radical (unpaired) electrons. The summed E-state index contributed by atoms with van der Waals surface area (Å²) in [5.74, 6) is 0. The van der Waals surface area contributed by atoms with Crippen molar-refractivity contribution >= 4 is 0 Å². The van der Waals surface area contributed by atoms with Gasteiger partial charge in [-0.1, -0.05) is 24.6 Å². The lowest BCUT2D eigenvalue weighted by atomic mass is 10.1. The molecule has 3 rings (SSSR count). The number of rotatable bonds is 2. The summed E-state index contributed by atoms with van der Waals surface area (Å²) in [7, 11) is 0. The van der Waals surface area contributed by atoms with Crippen molar-refractivity contribution in [3.05, 3.63) is 47.8 Å². The second-order valence-electron chi connectivity index (χ2n) is 5.04. The maximum atomic E-state index is 4.66. The van der Waals surface area contributed by atoms with Crippen LogP contribution in [0.4, 0.5) is 0 Å². The lowest BCUT2D eigenvalue weighted by molar-refractivity contribution is 0.717. The molecule has 1 aliphatic carbocycles. The molecule has 0 amide bonds. The first-order valence-corrected chi connectivity index (χ1v) is 5.81. The minimum absolute atomic E-state index is 0.357. The highest BCUT2D eigenvalue weighted by Crippen LogP contribution is 2.46. The first kappa shape index (κ1) is 9.64. The molecule has 1 saturated carbocycles. The molecule has 1 aromatic carbocycles. The summed E-state index contributed by atoms with van der Waals surface area (Å²) in [5, 5.41) is 4.66. The Morgan fingerprint density at radius 2 is 1.81 bits per heavy atom. The Labute approximate surface area is 95.9 Å². The summed E-state index contributed by atoms with van der Waals surface area (Å²) in [6.07, 6.45) is 4.61. The van der Waals surface area contributed by atoms with E-state index in [1.807, 2.05) is 4.68 Å². The van der Waals surface area contributed by atoms with Gasteiger partial charge in [-0.05, 0) is 38.0 Å². The highest BCUT2D eigenvalue weighted by atomic mass is 15.3. The lowest BCUT2D eigenvalue weighted by Crippen LogP contribution is -2.03. The largest absolute Gasteiger partial charge is 0.241 e. The Morgan fingerprint density at radius 3 is 2.44 bits per heavy atom. The van der Waals surface area contributed by atoms with Crippen molar-refractivity contribution in [3.63, 3.8) is 0 Å². The normalized spacial score (nSPS) is 17.4. The molecule has 0 saturated heterocycles. The quantitative estimate of drug-likeness (QED) is 0.747. The fraction of sp³-hybridized carbons (Fsp3) is 0.357. The number of aromatic nitrogens is 2. The molecule has 0 bridgehead atoms. The van der Waals surface area contributed by atoms with E-state index in [1.165, 1.54) is 24.1 Å². The molecule has 0 spiro atoms. The molecule has 0 aliphatic heterocycles. The topological polar surface area (TPSA) is 17.8 Å². The first-order valence-electron chi connectivity index (χ1n) is 5.81. The van der Waals surface area contributed by atoms with Crippen molar-refractivity contribution in [1.29, 1.82) is 0 Å². The molecule has 1 fully saturated rings. The monoisotopic (exact) mass is 212 g/mol. The smallest absolute Gasteiger partial charge is 0.0687 e. The maximum absolute atomic E-state index is 4.66. The zero-order valence-corrected chi connectivity index (χ0v) is 9.77. The van der Waals surface area contributed by atoms with E-state index >= 15 is 0 Å². The molecule has 1 aromatic heterocycles. The van der Waals surface area contributed by atoms with Gasteiger partial charge < -0.3 is 0 Å². The summed E-state index contributed by atoms with van der Waals surface area (Å²) in [4.78, 5) is 0. The van der Waals surface area contributed by atoms with Crippen molar-refractivity contribution < 1.29 is 0 Å². The van der Waals surface area contributed by atoms with Crippen LogP contribution in [0.3, 0.4) is 0 Å². The van der Waals surface area contributed by atoms with Crippen LogP contribution >= 0.6 is 0 Å². The molecule has 0 unspecified atom stereocenters. The van der Waals surface area contributed by atoms with E-state index in [-0.39, 0.29) is 0 Å². The Kier molecular flexibility index (Phi) is 1.93. The molecule has 0 atom stereocenters. The van der Waals surface area contributed by atoms with Gasteiger partial charge in [-0.25, -0.2) is 4.68 Å². The van der Waals surface area contributed by atoms with Crippen LogP contribution < -0.4 is 0 Å². The fourth-order valence-electron chi connectivity index (χ4n) is 1.93. The van der Waals surface area contributed by atoms with Gasteiger partial charge in [0, 0.05) is 11.6 Å². The third-order valence-corrected chi connectivity index (χ3v) is 3.51. The Hall–Kier alpha value is -1.57. The van der Waals surface area contributed by atoms with Crippen LogP contribution in [0.5, 0.6) is 0 Å². The molecule has 2 nitrogen and oxygen atoms in total. The van der Waals surface area contributed by atoms with Gasteiger partial charge >= 0.3 is 0 Å². The predicted octanol–water partition coefficient (Wildman–Crippen LogP) is 3.23. The predicted molar refractivity (Wildman–Crippen MR) is 64.9 cm³/mol. The van der Waals surface area contributed by atoms with E-state index in [0.29, 0.717) is 5.41 Å². The second kappa shape index (κ2) is 3.21. The van der Waals surface area contributed by atoms with E-state index in [1.54, 1.807) is 0 Å². The first-order chi connectivity index (χ1) is 7.67. The maximum Gasteiger partial charge on any atom is 0.0687 e. The third-order valence-electron chi connectivity index (χ3n) is 3.51. The van der Waals surface area contributed by atoms with Crippen LogP contribution in [-0.4, -0.2) is 9.78 Å². The summed E-state index contributed by atoms with van der Waals surface area (Å²) in [6, 6.07) is 10.6. The van der Waals surface area contributed by atoms with E-state index in [0.717, 1.165) is 5.69 Å². The lowest BCUT2D eigenvalue weighted by Gasteiger charge is -2.04. The highest BCUT2D eigenvalue weighted by molar-refractivity contribution is 5.34. The van der Waals surface area contributed by atoms with Gasteiger partial charge in [0.05, 0.1) is 11.4 Å². The summed E-state index contributed by atoms with van der Waals surface area (Å²) >= 11 is 0. The van der Waals surface area contributed by atoms with Crippen molar-refractivity contribution in [3.8, 4) is 5.69 Å². The van der Waals surface area contributed by atoms with Crippen LogP contribution in [0.1, 0.15) is 31.0 Å². The van der Waals surface area contributed by atoms with Gasteiger partial charge in [-0.3, -0.25) is 0 Å². The third kappa shape index (κ3) is 1.54. The van der Waals surface area contributed by atoms with Gasteiger partial charge in [0.25, 0.3) is 0 Å². The summed E-state index contributed by atoms with van der Waals surface area (Å²) in [6.45, 7) is 4.39. The SMILES string of the molecule is Cc1ccc(-n2ccc(C3(C)CC3)n2)cc1. The number of hydrogen-bond acceptors (Lipinski definition) is 1. The molecule has 0 N–H and O–H groups in total. The van der Waals surface area contributed by atoms with Crippen molar-refractivity contribution in [1.82, 2.24) is 9.78 Å². The van der Waals surface area contributed by atoms with Gasteiger partial charge in [-0.15, -0.1) is 0 Å². The summed E-state index contributed by atoms with van der Waals surface area (Å²) in [5.41, 5.74) is 4.01. The van der Waals surface area contributed by atoms with Crippen LogP contribution in [0.2, 0.25) is 0 Å². The molecular weight excluding hydrogens is 196 g/mol. The number of hydrogen-bond donors (Lipinski definition) is 0. The van der Waals surface area contributed by atoms with E-state index < -0.39 is 0 Å². The summed E-state index contributed by atoms with van der Waals surface area (Å²) < 4.78 is 1.97. The molecule has 2 aromatic rings. The number of benzene rings is 1. The standard InChI is InChI=1S/C14H16N2/c1-11-3-5-12(6-4-11)16-10-7-13(15-16)14(2)8-9-14/h3-7,10H,8-9H2,1-2H3. The Bertz CT molecular complexity index is 504. The van der Waals surface area contributed by atoms with Gasteiger partial charge in [0.15, 0.2) is 0 Å². The highest BCUT2D eigenvalue weighted by Gasteiger charge is 2.41. The van der Waals surface area contributed by atoms with Gasteiger partial charge in [0.2, 0.25) is 0 Å². The Morgan fingerprint density at radius 1 is 1.12 bits per heavy atom. The average Bonchev–Trinajstić information content (AvgIpc) is 2.84. The van der Waals surface area contributed by atoms with Crippen LogP contribution in [-0.2, 0) is 5.41 Å². The number of nitrogens with zero attached hydrogens (tertiary/aromatic N) is 2. The van der Waals surface area contributed by atoms with Crippen LogP contribution in [0.25, 0.3) is 5.69 Å². The minimum Gasteiger partial charge on any atom is -0.241 e. The van der Waals surface area contributed by atoms with Crippen molar-refractivity contribution in [2.45, 2.75) is 32.1 Å². The van der Waals surface area contributed by atoms with Crippen LogP contribution in [0.15, 0.2) is 36.5 Å². The van der Waals surface area contributed by atoms with Crippen molar-refractivity contribution in [2.75, 3.05) is 0 Å². The van der Waals surface area contributed by atoms with Gasteiger partial charge in [-0.2, -0.15) is 5.10 Å². The van der Waals surface area contributed by atoms with E-state index in [2.05, 4.69) is 55.5 Å². The fourth-order valence-corrected chi connectivity index (χ4v) is 1.93. The average molecular weight is 212 g/mol. The second-order valence-corrected chi connectivity index (χ2v) is 5.04. The molecule has 82 valence electrons. The van der Waals surface area contributed by atoms with E-state index in [9.17, 15) is 0 Å². The van der Waals surface area contributed by atoms with Crippen LogP contribution in [0, 0.1) is 6.92 Å². The number of aryl methyl sites for hydroxylation is 1.